The summed E-state index contributed by atoms with van der Waals surface area (Å²) in [6.07, 6.45) is 2.56. The maximum atomic E-state index is 13.0. The Kier molecular flexibility index (Phi) is 2.31. The van der Waals surface area contributed by atoms with E-state index in [4.69, 9.17) is 5.11 Å². The Hall–Kier alpha value is -1.64. The van der Waals surface area contributed by atoms with E-state index in [0.717, 1.165) is 16.7 Å². The number of carbonyl (C=O) groups is 1. The topological polar surface area (TPSA) is 37.3 Å². The van der Waals surface area contributed by atoms with Crippen molar-refractivity contribution < 1.29 is 14.3 Å². The number of carboxylic acid groups (broad SMARTS) is 1. The second-order valence-electron chi connectivity index (χ2n) is 3.72. The second-order valence-corrected chi connectivity index (χ2v) is 3.72. The van der Waals surface area contributed by atoms with E-state index in [0.29, 0.717) is 6.42 Å². The van der Waals surface area contributed by atoms with Crippen molar-refractivity contribution >= 4 is 11.5 Å². The van der Waals surface area contributed by atoms with Gasteiger partial charge in [0.05, 0.1) is 5.92 Å². The van der Waals surface area contributed by atoms with Crippen LogP contribution in [0.5, 0.6) is 0 Å². The van der Waals surface area contributed by atoms with Gasteiger partial charge in [-0.1, -0.05) is 12.1 Å². The van der Waals surface area contributed by atoms with Gasteiger partial charge >= 0.3 is 5.97 Å². The van der Waals surface area contributed by atoms with E-state index in [1.165, 1.54) is 12.1 Å². The van der Waals surface area contributed by atoms with Crippen LogP contribution in [0.1, 0.15) is 18.1 Å². The maximum absolute atomic E-state index is 13.0. The maximum Gasteiger partial charge on any atom is 0.310 e. The average molecular weight is 206 g/mol. The number of hydrogen-bond donors (Lipinski definition) is 1. The van der Waals surface area contributed by atoms with E-state index >= 15 is 0 Å². The van der Waals surface area contributed by atoms with Crippen LogP contribution in [0.15, 0.2) is 24.3 Å². The Bertz CT molecular complexity index is 449. The minimum Gasteiger partial charge on any atom is -0.481 e. The molecule has 1 aromatic carbocycles. The molecular weight excluding hydrogens is 195 g/mol. The van der Waals surface area contributed by atoms with Crippen molar-refractivity contribution in [3.05, 3.63) is 41.2 Å². The molecule has 1 aliphatic rings. The number of hydrogen-bond acceptors (Lipinski definition) is 1. The molecule has 78 valence electrons. The van der Waals surface area contributed by atoms with Gasteiger partial charge in [-0.15, -0.1) is 0 Å². The minimum absolute atomic E-state index is 0.320. The summed E-state index contributed by atoms with van der Waals surface area (Å²) in [5, 5.41) is 8.90. The molecule has 1 unspecified atom stereocenters. The fourth-order valence-corrected chi connectivity index (χ4v) is 1.87. The van der Waals surface area contributed by atoms with E-state index in [-0.39, 0.29) is 5.82 Å². The second kappa shape index (κ2) is 3.50. The zero-order valence-corrected chi connectivity index (χ0v) is 8.33. The lowest BCUT2D eigenvalue weighted by Gasteiger charge is -2.09. The third kappa shape index (κ3) is 1.65. The lowest BCUT2D eigenvalue weighted by atomic mass is 9.95. The van der Waals surface area contributed by atoms with Crippen molar-refractivity contribution in [2.75, 3.05) is 0 Å². The lowest BCUT2D eigenvalue weighted by molar-refractivity contribution is -0.139. The summed E-state index contributed by atoms with van der Waals surface area (Å²) in [5.41, 5.74) is 2.46. The smallest absolute Gasteiger partial charge is 0.310 e. The predicted octanol–water partition coefficient (Wildman–Crippen LogP) is 2.49. The van der Waals surface area contributed by atoms with Gasteiger partial charge in [0.25, 0.3) is 0 Å². The number of benzene rings is 1. The van der Waals surface area contributed by atoms with Crippen LogP contribution in [-0.2, 0) is 11.2 Å². The van der Waals surface area contributed by atoms with Gasteiger partial charge in [0, 0.05) is 0 Å². The van der Waals surface area contributed by atoms with Gasteiger partial charge in [-0.3, -0.25) is 4.79 Å². The highest BCUT2D eigenvalue weighted by Gasteiger charge is 2.23. The van der Waals surface area contributed by atoms with Crippen LogP contribution in [0.2, 0.25) is 0 Å². The van der Waals surface area contributed by atoms with E-state index in [1.807, 2.05) is 6.08 Å². The number of rotatable bonds is 2. The average Bonchev–Trinajstić information content (AvgIpc) is 2.59. The summed E-state index contributed by atoms with van der Waals surface area (Å²) in [6.45, 7) is 1.62. The van der Waals surface area contributed by atoms with Crippen LogP contribution in [-0.4, -0.2) is 11.1 Å². The molecular formula is C12H11FO2. The molecule has 1 N–H and O–H groups in total. The first kappa shape index (κ1) is 9.90. The Labute approximate surface area is 87.0 Å². The monoisotopic (exact) mass is 206 g/mol. The van der Waals surface area contributed by atoms with Crippen LogP contribution in [0, 0.1) is 11.7 Å². The van der Waals surface area contributed by atoms with Gasteiger partial charge in [0.2, 0.25) is 0 Å². The molecule has 2 nitrogen and oxygen atoms in total. The molecule has 1 aromatic rings. The fourth-order valence-electron chi connectivity index (χ4n) is 1.87. The van der Waals surface area contributed by atoms with Gasteiger partial charge in [-0.25, -0.2) is 4.39 Å². The fraction of sp³-hybridized carbons (Fsp3) is 0.250. The molecule has 0 fully saturated rings. The lowest BCUT2D eigenvalue weighted by Crippen LogP contribution is -2.10. The zero-order chi connectivity index (χ0) is 11.0. The third-order valence-corrected chi connectivity index (χ3v) is 2.76. The Morgan fingerprint density at radius 3 is 2.93 bits per heavy atom. The Balaban J connectivity index is 2.42. The van der Waals surface area contributed by atoms with E-state index in [9.17, 15) is 9.18 Å². The SMILES string of the molecule is CC(C(=O)O)C1=CCc2ccc(F)cc21. The number of fused-ring (bicyclic) bond motifs is 1. The third-order valence-electron chi connectivity index (χ3n) is 2.76. The molecule has 0 amide bonds. The van der Waals surface area contributed by atoms with Gasteiger partial charge < -0.3 is 5.11 Å². The first-order valence-corrected chi connectivity index (χ1v) is 4.81. The van der Waals surface area contributed by atoms with E-state index in [1.54, 1.807) is 13.0 Å². The van der Waals surface area contributed by atoms with Crippen LogP contribution >= 0.6 is 0 Å². The van der Waals surface area contributed by atoms with Crippen molar-refractivity contribution in [2.45, 2.75) is 13.3 Å². The Morgan fingerprint density at radius 2 is 2.27 bits per heavy atom. The quantitative estimate of drug-likeness (QED) is 0.807. The highest BCUT2D eigenvalue weighted by molar-refractivity contribution is 5.89. The van der Waals surface area contributed by atoms with Crippen molar-refractivity contribution in [3.63, 3.8) is 0 Å². The molecule has 1 atom stereocenters. The summed E-state index contributed by atoms with van der Waals surface area (Å²) in [4.78, 5) is 10.8. The van der Waals surface area contributed by atoms with Crippen LogP contribution in [0.3, 0.4) is 0 Å². The summed E-state index contributed by atoms with van der Waals surface area (Å²) in [6, 6.07) is 4.53. The standard InChI is InChI=1S/C12H11FO2/c1-7(12(14)15)10-5-3-8-2-4-9(13)6-11(8)10/h2,4-7H,3H2,1H3,(H,14,15). The molecule has 0 bridgehead atoms. The van der Waals surface area contributed by atoms with Gasteiger partial charge in [0.15, 0.2) is 0 Å². The van der Waals surface area contributed by atoms with Gasteiger partial charge in [-0.2, -0.15) is 0 Å². The van der Waals surface area contributed by atoms with E-state index in [2.05, 4.69) is 0 Å². The summed E-state index contributed by atoms with van der Waals surface area (Å²) >= 11 is 0. The number of aliphatic carboxylic acids is 1. The van der Waals surface area contributed by atoms with Gasteiger partial charge in [0.1, 0.15) is 5.82 Å². The van der Waals surface area contributed by atoms with Crippen molar-refractivity contribution in [1.29, 1.82) is 0 Å². The van der Waals surface area contributed by atoms with Crippen molar-refractivity contribution in [2.24, 2.45) is 5.92 Å². The highest BCUT2D eigenvalue weighted by Crippen LogP contribution is 2.33. The molecule has 0 heterocycles. The van der Waals surface area contributed by atoms with Crippen LogP contribution < -0.4 is 0 Å². The number of halogens is 1. The van der Waals surface area contributed by atoms with Crippen LogP contribution in [0.4, 0.5) is 4.39 Å². The van der Waals surface area contributed by atoms with Gasteiger partial charge in [-0.05, 0) is 42.2 Å². The van der Waals surface area contributed by atoms with Crippen molar-refractivity contribution in [3.8, 4) is 0 Å². The molecule has 0 aromatic heterocycles. The van der Waals surface area contributed by atoms with E-state index < -0.39 is 11.9 Å². The minimum atomic E-state index is -0.877. The zero-order valence-electron chi connectivity index (χ0n) is 8.33. The van der Waals surface area contributed by atoms with Crippen molar-refractivity contribution in [1.82, 2.24) is 0 Å². The predicted molar refractivity (Wildman–Crippen MR) is 54.9 cm³/mol. The molecule has 0 saturated carbocycles. The largest absolute Gasteiger partial charge is 0.481 e. The summed E-state index contributed by atoms with van der Waals surface area (Å²) in [5.74, 6) is -1.77. The molecule has 0 spiro atoms. The molecule has 15 heavy (non-hydrogen) atoms. The first-order valence-electron chi connectivity index (χ1n) is 4.81. The number of carboxylic acids is 1. The summed E-state index contributed by atoms with van der Waals surface area (Å²) < 4.78 is 13.0. The Morgan fingerprint density at radius 1 is 1.53 bits per heavy atom. The number of allylic oxidation sites excluding steroid dienone is 1. The normalized spacial score (nSPS) is 15.7. The highest BCUT2D eigenvalue weighted by atomic mass is 19.1. The summed E-state index contributed by atoms with van der Waals surface area (Å²) in [7, 11) is 0. The molecule has 0 aliphatic heterocycles. The molecule has 1 aliphatic carbocycles. The molecule has 0 saturated heterocycles. The first-order chi connectivity index (χ1) is 7.09. The molecule has 0 radical (unpaired) electrons. The molecule has 2 rings (SSSR count). The van der Waals surface area contributed by atoms with Crippen LogP contribution in [0.25, 0.3) is 5.57 Å². The molecule has 3 heteroatoms.